The standard InChI is InChI=1S/C23H24F4N2O3S/c1-15-17(14-29-9-11-33-12-10-29)3-2-4-19(15)28-21(30)8-6-16-5-7-18(31-22(24)25)13-20(16)32-23(26)27/h2-8,13,22-23H,9-12,14H2,1H3,(H,28,30)/b8-6+. The molecule has 1 amide bonds. The summed E-state index contributed by atoms with van der Waals surface area (Å²) in [5.74, 6) is 1.02. The molecule has 33 heavy (non-hydrogen) atoms. The highest BCUT2D eigenvalue weighted by Crippen LogP contribution is 2.29. The maximum absolute atomic E-state index is 12.7. The number of amides is 1. The summed E-state index contributed by atoms with van der Waals surface area (Å²) in [5.41, 5.74) is 2.83. The molecule has 1 saturated heterocycles. The zero-order valence-corrected chi connectivity index (χ0v) is 18.7. The Hall–Kier alpha value is -2.72. The zero-order valence-electron chi connectivity index (χ0n) is 17.9. The van der Waals surface area contributed by atoms with E-state index in [1.165, 1.54) is 18.2 Å². The van der Waals surface area contributed by atoms with Crippen LogP contribution >= 0.6 is 11.8 Å². The number of benzene rings is 2. The van der Waals surface area contributed by atoms with Crippen molar-refractivity contribution in [3.05, 3.63) is 59.2 Å². The van der Waals surface area contributed by atoms with E-state index in [0.717, 1.165) is 54.4 Å². The van der Waals surface area contributed by atoms with Crippen molar-refractivity contribution >= 4 is 29.4 Å². The fraction of sp³-hybridized carbons (Fsp3) is 0.348. The summed E-state index contributed by atoms with van der Waals surface area (Å²) < 4.78 is 58.8. The number of rotatable bonds is 9. The number of anilines is 1. The first-order valence-corrected chi connectivity index (χ1v) is 11.4. The summed E-state index contributed by atoms with van der Waals surface area (Å²) in [5, 5.41) is 2.79. The van der Waals surface area contributed by atoms with Crippen LogP contribution in [0.5, 0.6) is 11.5 Å². The molecular weight excluding hydrogens is 460 g/mol. The van der Waals surface area contributed by atoms with E-state index in [-0.39, 0.29) is 17.1 Å². The summed E-state index contributed by atoms with van der Waals surface area (Å²) >= 11 is 1.94. The van der Waals surface area contributed by atoms with E-state index < -0.39 is 19.1 Å². The van der Waals surface area contributed by atoms with Crippen LogP contribution in [0.2, 0.25) is 0 Å². The molecule has 0 aromatic heterocycles. The van der Waals surface area contributed by atoms with Gasteiger partial charge in [0.1, 0.15) is 11.5 Å². The number of thioether (sulfide) groups is 1. The van der Waals surface area contributed by atoms with E-state index in [0.29, 0.717) is 5.69 Å². The van der Waals surface area contributed by atoms with E-state index in [9.17, 15) is 22.4 Å². The Morgan fingerprint density at radius 2 is 1.85 bits per heavy atom. The van der Waals surface area contributed by atoms with Gasteiger partial charge in [0.25, 0.3) is 0 Å². The van der Waals surface area contributed by atoms with Crippen molar-refractivity contribution in [3.8, 4) is 11.5 Å². The molecule has 1 aliphatic rings. The fourth-order valence-electron chi connectivity index (χ4n) is 3.36. The maximum Gasteiger partial charge on any atom is 0.387 e. The van der Waals surface area contributed by atoms with Gasteiger partial charge in [0.15, 0.2) is 0 Å². The van der Waals surface area contributed by atoms with Gasteiger partial charge in [0, 0.05) is 54.5 Å². The first-order chi connectivity index (χ1) is 15.8. The number of halogens is 4. The number of carbonyl (C=O) groups excluding carboxylic acids is 1. The van der Waals surface area contributed by atoms with E-state index in [2.05, 4.69) is 19.7 Å². The molecule has 2 aromatic rings. The van der Waals surface area contributed by atoms with Gasteiger partial charge in [-0.2, -0.15) is 29.3 Å². The van der Waals surface area contributed by atoms with Gasteiger partial charge in [-0.05, 0) is 42.3 Å². The average Bonchev–Trinajstić information content (AvgIpc) is 2.76. The molecule has 1 aliphatic heterocycles. The second-order valence-electron chi connectivity index (χ2n) is 7.26. The van der Waals surface area contributed by atoms with Gasteiger partial charge in [-0.3, -0.25) is 9.69 Å². The highest BCUT2D eigenvalue weighted by molar-refractivity contribution is 7.99. The monoisotopic (exact) mass is 484 g/mol. The molecule has 10 heteroatoms. The molecule has 1 N–H and O–H groups in total. The smallest absolute Gasteiger partial charge is 0.387 e. The minimum absolute atomic E-state index is 0.112. The molecule has 0 radical (unpaired) electrons. The van der Waals surface area contributed by atoms with E-state index in [1.54, 1.807) is 6.07 Å². The normalized spacial score (nSPS) is 14.8. The number of alkyl halides is 4. The first-order valence-electron chi connectivity index (χ1n) is 10.2. The molecule has 1 fully saturated rings. The average molecular weight is 485 g/mol. The third kappa shape index (κ3) is 7.68. The number of ether oxygens (including phenoxy) is 2. The third-order valence-electron chi connectivity index (χ3n) is 5.04. The molecule has 0 unspecified atom stereocenters. The molecule has 2 aromatic carbocycles. The van der Waals surface area contributed by atoms with Crippen molar-refractivity contribution in [2.75, 3.05) is 29.9 Å². The highest BCUT2D eigenvalue weighted by Gasteiger charge is 2.15. The fourth-order valence-corrected chi connectivity index (χ4v) is 4.34. The second kappa shape index (κ2) is 11.9. The van der Waals surface area contributed by atoms with Crippen LogP contribution in [0.25, 0.3) is 6.08 Å². The quantitative estimate of drug-likeness (QED) is 0.382. The summed E-state index contributed by atoms with van der Waals surface area (Å²) in [4.78, 5) is 14.8. The van der Waals surface area contributed by atoms with Gasteiger partial charge < -0.3 is 14.8 Å². The Labute approximate surface area is 193 Å². The van der Waals surface area contributed by atoms with Crippen LogP contribution < -0.4 is 14.8 Å². The maximum atomic E-state index is 12.7. The molecule has 0 spiro atoms. The third-order valence-corrected chi connectivity index (χ3v) is 5.98. The largest absolute Gasteiger partial charge is 0.435 e. The number of hydrogen-bond donors (Lipinski definition) is 1. The van der Waals surface area contributed by atoms with Crippen molar-refractivity contribution in [1.82, 2.24) is 4.90 Å². The number of carbonyl (C=O) groups is 1. The lowest BCUT2D eigenvalue weighted by Gasteiger charge is -2.27. The minimum Gasteiger partial charge on any atom is -0.435 e. The summed E-state index contributed by atoms with van der Waals surface area (Å²) in [6, 6.07) is 9.04. The summed E-state index contributed by atoms with van der Waals surface area (Å²) in [6.07, 6.45) is 2.43. The van der Waals surface area contributed by atoms with Gasteiger partial charge >= 0.3 is 13.2 Å². The topological polar surface area (TPSA) is 50.8 Å². The minimum atomic E-state index is -3.17. The Balaban J connectivity index is 1.70. The second-order valence-corrected chi connectivity index (χ2v) is 8.48. The van der Waals surface area contributed by atoms with Crippen LogP contribution in [-0.2, 0) is 11.3 Å². The molecule has 1 heterocycles. The van der Waals surface area contributed by atoms with Crippen molar-refractivity contribution < 1.29 is 31.8 Å². The van der Waals surface area contributed by atoms with Crippen LogP contribution in [0.15, 0.2) is 42.5 Å². The number of nitrogens with zero attached hydrogens (tertiary/aromatic N) is 1. The van der Waals surface area contributed by atoms with Crippen molar-refractivity contribution in [2.24, 2.45) is 0 Å². The van der Waals surface area contributed by atoms with E-state index in [1.807, 2.05) is 30.8 Å². The van der Waals surface area contributed by atoms with E-state index in [4.69, 9.17) is 0 Å². The Kier molecular flexibility index (Phi) is 9.02. The number of nitrogens with one attached hydrogen (secondary N) is 1. The molecule has 0 saturated carbocycles. The molecule has 0 bridgehead atoms. The summed E-state index contributed by atoms with van der Waals surface area (Å²) in [7, 11) is 0. The Morgan fingerprint density at radius 1 is 1.12 bits per heavy atom. The van der Waals surface area contributed by atoms with Crippen LogP contribution in [0, 0.1) is 6.92 Å². The molecular formula is C23H24F4N2O3S. The lowest BCUT2D eigenvalue weighted by Crippen LogP contribution is -2.32. The van der Waals surface area contributed by atoms with Crippen LogP contribution in [0.4, 0.5) is 23.2 Å². The predicted octanol–water partition coefficient (Wildman–Crippen LogP) is 5.40. The van der Waals surface area contributed by atoms with Gasteiger partial charge in [-0.25, -0.2) is 0 Å². The SMILES string of the molecule is Cc1c(CN2CCSCC2)cccc1NC(=O)/C=C/c1ccc(OC(F)F)cc1OC(F)F. The lowest BCUT2D eigenvalue weighted by molar-refractivity contribution is -0.111. The molecule has 0 atom stereocenters. The molecule has 0 aliphatic carbocycles. The number of hydrogen-bond acceptors (Lipinski definition) is 5. The van der Waals surface area contributed by atoms with Gasteiger partial charge in [0.05, 0.1) is 0 Å². The van der Waals surface area contributed by atoms with Gasteiger partial charge in [-0.15, -0.1) is 0 Å². The van der Waals surface area contributed by atoms with Gasteiger partial charge in [0.2, 0.25) is 5.91 Å². The summed E-state index contributed by atoms with van der Waals surface area (Å²) in [6.45, 7) is -1.50. The van der Waals surface area contributed by atoms with Crippen molar-refractivity contribution in [1.29, 1.82) is 0 Å². The van der Waals surface area contributed by atoms with Crippen LogP contribution in [0.3, 0.4) is 0 Å². The van der Waals surface area contributed by atoms with Gasteiger partial charge in [-0.1, -0.05) is 12.1 Å². The van der Waals surface area contributed by atoms with E-state index >= 15 is 0 Å². The van der Waals surface area contributed by atoms with Crippen LogP contribution in [-0.4, -0.2) is 48.6 Å². The van der Waals surface area contributed by atoms with Crippen molar-refractivity contribution in [2.45, 2.75) is 26.7 Å². The predicted molar refractivity (Wildman–Crippen MR) is 121 cm³/mol. The Bertz CT molecular complexity index is 982. The highest BCUT2D eigenvalue weighted by atomic mass is 32.2. The molecule has 5 nitrogen and oxygen atoms in total. The lowest BCUT2D eigenvalue weighted by atomic mass is 10.1. The van der Waals surface area contributed by atoms with Crippen molar-refractivity contribution in [3.63, 3.8) is 0 Å². The zero-order chi connectivity index (χ0) is 23.8. The Morgan fingerprint density at radius 3 is 2.55 bits per heavy atom. The first kappa shape index (κ1) is 24.9. The van der Waals surface area contributed by atoms with Crippen LogP contribution in [0.1, 0.15) is 16.7 Å². The molecule has 178 valence electrons. The molecule has 3 rings (SSSR count).